The highest BCUT2D eigenvalue weighted by Crippen LogP contribution is 2.28. The van der Waals surface area contributed by atoms with Crippen molar-refractivity contribution in [2.45, 2.75) is 13.0 Å². The third kappa shape index (κ3) is 3.19. The molecule has 0 aliphatic rings. The van der Waals surface area contributed by atoms with Crippen LogP contribution in [0.25, 0.3) is 0 Å². The number of rotatable bonds is 4. The molecule has 20 heavy (non-hydrogen) atoms. The van der Waals surface area contributed by atoms with E-state index in [1.54, 1.807) is 18.2 Å². The summed E-state index contributed by atoms with van der Waals surface area (Å²) in [5.74, 6) is -0.177. The predicted molar refractivity (Wildman–Crippen MR) is 76.2 cm³/mol. The molecule has 0 amide bonds. The molecule has 0 saturated heterocycles. The van der Waals surface area contributed by atoms with Gasteiger partial charge in [0.15, 0.2) is 0 Å². The molecule has 2 rings (SSSR count). The molecular formula is C14H13BrFNO3. The maximum absolute atomic E-state index is 13.2. The lowest BCUT2D eigenvalue weighted by molar-refractivity contribution is 0.0562. The molecule has 6 heteroatoms. The first-order valence-corrected chi connectivity index (χ1v) is 6.70. The number of ether oxygens (including phenoxy) is 1. The molecule has 0 aliphatic heterocycles. The monoisotopic (exact) mass is 341 g/mol. The van der Waals surface area contributed by atoms with Crippen molar-refractivity contribution in [1.29, 1.82) is 0 Å². The van der Waals surface area contributed by atoms with E-state index in [-0.39, 0.29) is 17.6 Å². The lowest BCUT2D eigenvalue weighted by Crippen LogP contribution is -2.06. The Morgan fingerprint density at radius 1 is 1.40 bits per heavy atom. The summed E-state index contributed by atoms with van der Waals surface area (Å²) in [6.07, 6.45) is 0. The van der Waals surface area contributed by atoms with E-state index in [4.69, 9.17) is 4.42 Å². The maximum atomic E-state index is 13.2. The normalized spacial score (nSPS) is 12.0. The average molecular weight is 342 g/mol. The number of carbonyl (C=O) groups is 1. The van der Waals surface area contributed by atoms with Crippen LogP contribution in [0.3, 0.4) is 0 Å². The summed E-state index contributed by atoms with van der Waals surface area (Å²) in [4.78, 5) is 11.3. The van der Waals surface area contributed by atoms with Gasteiger partial charge in [-0.2, -0.15) is 0 Å². The number of halogens is 2. The Labute approximate surface area is 124 Å². The first-order valence-electron chi connectivity index (χ1n) is 5.91. The van der Waals surface area contributed by atoms with E-state index in [0.717, 1.165) is 4.47 Å². The number of hydrogen-bond acceptors (Lipinski definition) is 4. The zero-order valence-corrected chi connectivity index (χ0v) is 12.5. The van der Waals surface area contributed by atoms with Gasteiger partial charge in [-0.1, -0.05) is 0 Å². The highest BCUT2D eigenvalue weighted by atomic mass is 79.9. The molecule has 2 aromatic rings. The first kappa shape index (κ1) is 14.6. The number of carbonyl (C=O) groups excluding carboxylic acids is 1. The van der Waals surface area contributed by atoms with E-state index in [1.807, 2.05) is 6.92 Å². The van der Waals surface area contributed by atoms with Crippen LogP contribution >= 0.6 is 15.9 Å². The zero-order valence-electron chi connectivity index (χ0n) is 10.9. The van der Waals surface area contributed by atoms with Gasteiger partial charge in [0.05, 0.1) is 18.8 Å². The van der Waals surface area contributed by atoms with Gasteiger partial charge in [-0.05, 0) is 53.2 Å². The van der Waals surface area contributed by atoms with Crippen molar-refractivity contribution >= 4 is 27.6 Å². The Hall–Kier alpha value is -1.82. The van der Waals surface area contributed by atoms with Gasteiger partial charge in [0.25, 0.3) is 0 Å². The molecule has 0 aliphatic carbocycles. The van der Waals surface area contributed by atoms with Crippen molar-refractivity contribution in [2.24, 2.45) is 0 Å². The van der Waals surface area contributed by atoms with Crippen molar-refractivity contribution in [3.05, 3.63) is 52.1 Å². The minimum Gasteiger partial charge on any atom is -0.463 e. The molecule has 4 nitrogen and oxygen atoms in total. The lowest BCUT2D eigenvalue weighted by Gasteiger charge is -2.14. The fourth-order valence-electron chi connectivity index (χ4n) is 1.71. The van der Waals surface area contributed by atoms with Crippen LogP contribution in [0.1, 0.15) is 29.3 Å². The average Bonchev–Trinajstić information content (AvgIpc) is 2.91. The molecule has 1 aromatic carbocycles. The third-order valence-electron chi connectivity index (χ3n) is 2.74. The van der Waals surface area contributed by atoms with Gasteiger partial charge in [0.2, 0.25) is 5.76 Å². The molecule has 1 atom stereocenters. The second-order valence-corrected chi connectivity index (χ2v) is 5.04. The fraction of sp³-hybridized carbons (Fsp3) is 0.214. The van der Waals surface area contributed by atoms with Crippen molar-refractivity contribution in [3.63, 3.8) is 0 Å². The molecule has 106 valence electrons. The van der Waals surface area contributed by atoms with Crippen LogP contribution in [0.5, 0.6) is 0 Å². The minimum absolute atomic E-state index is 0.134. The topological polar surface area (TPSA) is 51.5 Å². The molecule has 0 bridgehead atoms. The van der Waals surface area contributed by atoms with E-state index >= 15 is 0 Å². The van der Waals surface area contributed by atoms with E-state index in [0.29, 0.717) is 11.4 Å². The lowest BCUT2D eigenvalue weighted by atomic mass is 10.2. The van der Waals surface area contributed by atoms with Crippen LogP contribution in [0.4, 0.5) is 10.1 Å². The number of benzene rings is 1. The van der Waals surface area contributed by atoms with Crippen LogP contribution in [-0.2, 0) is 4.74 Å². The van der Waals surface area contributed by atoms with E-state index < -0.39 is 5.97 Å². The highest BCUT2D eigenvalue weighted by molar-refractivity contribution is 9.10. The summed E-state index contributed by atoms with van der Waals surface area (Å²) in [5, 5.41) is 3.10. The number of anilines is 1. The molecule has 1 aromatic heterocycles. The zero-order chi connectivity index (χ0) is 14.7. The summed E-state index contributed by atoms with van der Waals surface area (Å²) in [6.45, 7) is 1.84. The van der Waals surface area contributed by atoms with Gasteiger partial charge in [0.1, 0.15) is 11.6 Å². The van der Waals surface area contributed by atoms with Gasteiger partial charge in [-0.3, -0.25) is 0 Å². The fourth-order valence-corrected chi connectivity index (χ4v) is 2.07. The first-order chi connectivity index (χ1) is 9.51. The van der Waals surface area contributed by atoms with Crippen molar-refractivity contribution in [1.82, 2.24) is 0 Å². The van der Waals surface area contributed by atoms with Gasteiger partial charge < -0.3 is 14.5 Å². The molecule has 0 saturated carbocycles. The summed E-state index contributed by atoms with van der Waals surface area (Å²) < 4.78 is 23.9. The standard InChI is InChI=1S/C14H13BrFNO3/c1-8(12-5-6-13(20-12)14(18)19-2)17-11-7-9(16)3-4-10(11)15/h3-8,17H,1-2H3. The molecule has 0 fully saturated rings. The molecule has 1 heterocycles. The van der Waals surface area contributed by atoms with Crippen molar-refractivity contribution < 1.29 is 18.3 Å². The van der Waals surface area contributed by atoms with Crippen LogP contribution in [0, 0.1) is 5.82 Å². The predicted octanol–water partition coefficient (Wildman–Crippen LogP) is 4.14. The van der Waals surface area contributed by atoms with Crippen LogP contribution in [0.15, 0.2) is 39.2 Å². The Kier molecular flexibility index (Phi) is 4.44. The van der Waals surface area contributed by atoms with E-state index in [1.165, 1.54) is 19.2 Å². The molecule has 1 N–H and O–H groups in total. The Balaban J connectivity index is 2.15. The SMILES string of the molecule is COC(=O)c1ccc(C(C)Nc2cc(F)ccc2Br)o1. The van der Waals surface area contributed by atoms with Crippen LogP contribution in [-0.4, -0.2) is 13.1 Å². The number of furan rings is 1. The molecular weight excluding hydrogens is 329 g/mol. The second-order valence-electron chi connectivity index (χ2n) is 4.18. The van der Waals surface area contributed by atoms with Gasteiger partial charge >= 0.3 is 5.97 Å². The molecule has 1 unspecified atom stereocenters. The number of nitrogens with one attached hydrogen (secondary N) is 1. The number of esters is 1. The van der Waals surface area contributed by atoms with Gasteiger partial charge in [0, 0.05) is 4.47 Å². The van der Waals surface area contributed by atoms with Crippen molar-refractivity contribution in [3.8, 4) is 0 Å². The summed E-state index contributed by atoms with van der Waals surface area (Å²) in [6, 6.07) is 7.35. The Bertz CT molecular complexity index is 627. The number of hydrogen-bond donors (Lipinski definition) is 1. The highest BCUT2D eigenvalue weighted by Gasteiger charge is 2.16. The summed E-state index contributed by atoms with van der Waals surface area (Å²) in [5.41, 5.74) is 0.605. The van der Waals surface area contributed by atoms with Gasteiger partial charge in [-0.25, -0.2) is 9.18 Å². The smallest absolute Gasteiger partial charge is 0.373 e. The summed E-state index contributed by atoms with van der Waals surface area (Å²) >= 11 is 3.34. The Morgan fingerprint density at radius 3 is 2.85 bits per heavy atom. The molecule has 0 spiro atoms. The molecule has 0 radical (unpaired) electrons. The van der Waals surface area contributed by atoms with Gasteiger partial charge in [-0.15, -0.1) is 0 Å². The number of methoxy groups -OCH3 is 1. The minimum atomic E-state index is -0.532. The van der Waals surface area contributed by atoms with Crippen molar-refractivity contribution in [2.75, 3.05) is 12.4 Å². The largest absolute Gasteiger partial charge is 0.463 e. The van der Waals surface area contributed by atoms with E-state index in [2.05, 4.69) is 26.0 Å². The second kappa shape index (κ2) is 6.09. The quantitative estimate of drug-likeness (QED) is 0.849. The summed E-state index contributed by atoms with van der Waals surface area (Å²) in [7, 11) is 1.29. The Morgan fingerprint density at radius 2 is 2.15 bits per heavy atom. The maximum Gasteiger partial charge on any atom is 0.373 e. The van der Waals surface area contributed by atoms with Crippen LogP contribution < -0.4 is 5.32 Å². The van der Waals surface area contributed by atoms with E-state index in [9.17, 15) is 9.18 Å². The van der Waals surface area contributed by atoms with Crippen LogP contribution in [0.2, 0.25) is 0 Å². The third-order valence-corrected chi connectivity index (χ3v) is 3.43.